The molecule has 0 radical (unpaired) electrons. The predicted octanol–water partition coefficient (Wildman–Crippen LogP) is 33.7. The molecule has 0 aliphatic heterocycles. The van der Waals surface area contributed by atoms with Crippen molar-refractivity contribution in [3.63, 3.8) is 0 Å². The maximum atomic E-state index is 6.56. The molecule has 0 N–H and O–H groups in total. The first-order valence-corrected chi connectivity index (χ1v) is 43.1. The van der Waals surface area contributed by atoms with E-state index in [9.17, 15) is 0 Å². The minimum absolute atomic E-state index is 0.845. The van der Waals surface area contributed by atoms with Crippen LogP contribution in [0.25, 0.3) is 209 Å². The van der Waals surface area contributed by atoms with Crippen LogP contribution in [0.5, 0.6) is 0 Å². The molecule has 25 aromatic rings. The van der Waals surface area contributed by atoms with Crippen molar-refractivity contribution in [1.29, 1.82) is 0 Å². The van der Waals surface area contributed by atoms with Crippen molar-refractivity contribution in [3.05, 3.63) is 461 Å². The summed E-state index contributed by atoms with van der Waals surface area (Å²) in [4.78, 5) is 4.68. The summed E-state index contributed by atoms with van der Waals surface area (Å²) in [6.07, 6.45) is 0. The minimum atomic E-state index is 0.845. The molecule has 0 saturated heterocycles. The molecule has 0 saturated carbocycles. The Kier molecular flexibility index (Phi) is 16.9. The zero-order valence-electron chi connectivity index (χ0n) is 68.5. The van der Waals surface area contributed by atoms with E-state index in [1.54, 1.807) is 0 Å². The van der Waals surface area contributed by atoms with E-state index in [-0.39, 0.29) is 0 Å². The van der Waals surface area contributed by atoms with Crippen molar-refractivity contribution in [1.82, 2.24) is 9.13 Å². The molecule has 0 spiro atoms. The third-order valence-corrected chi connectivity index (χ3v) is 25.9. The molecule has 4 heterocycles. The average molecular weight is 1610 g/mol. The van der Waals surface area contributed by atoms with Crippen LogP contribution in [0.15, 0.2) is 470 Å². The van der Waals surface area contributed by atoms with E-state index in [0.717, 1.165) is 162 Å². The number of benzene rings is 21. The second kappa shape index (κ2) is 29.5. The van der Waals surface area contributed by atoms with Gasteiger partial charge in [0.05, 0.1) is 33.4 Å². The number of para-hydroxylation sites is 7. The topological polar surface area (TPSA) is 42.6 Å². The minimum Gasteiger partial charge on any atom is -0.456 e. The number of fused-ring (bicyclic) bond motifs is 16. The van der Waals surface area contributed by atoms with E-state index in [0.29, 0.717) is 0 Å². The Labute approximate surface area is 727 Å². The first-order valence-electron chi connectivity index (χ1n) is 43.1. The monoisotopic (exact) mass is 1600 g/mol. The molecule has 21 aromatic carbocycles. The van der Waals surface area contributed by atoms with E-state index in [1.807, 2.05) is 24.3 Å². The van der Waals surface area contributed by atoms with Gasteiger partial charge < -0.3 is 27.8 Å². The van der Waals surface area contributed by atoms with E-state index >= 15 is 0 Å². The maximum absolute atomic E-state index is 6.56. The number of furan rings is 2. The van der Waals surface area contributed by atoms with Gasteiger partial charge in [0.2, 0.25) is 0 Å². The molecular weight excluding hydrogens is 1530 g/mol. The molecule has 588 valence electrons. The lowest BCUT2D eigenvalue weighted by molar-refractivity contribution is 0.668. The number of hydrogen-bond donors (Lipinski definition) is 0. The van der Waals surface area contributed by atoms with Crippen molar-refractivity contribution in [2.75, 3.05) is 9.80 Å². The van der Waals surface area contributed by atoms with Gasteiger partial charge in [-0.1, -0.05) is 309 Å². The summed E-state index contributed by atoms with van der Waals surface area (Å²) in [5, 5.41) is 16.6. The van der Waals surface area contributed by atoms with Crippen LogP contribution < -0.4 is 9.80 Å². The summed E-state index contributed by atoms with van der Waals surface area (Å²) in [6.45, 7) is 0. The SMILES string of the molecule is c1cc(-c2ccc3ccccc3c2)cc(N(c2ccc(-c3ccc(-c4cc(-c5cccc6c5ccc5cc(-c7ccc(N(c8ccc(-c9ccc(-c%10ccccc%10-n%10c%11ccccc%11c%11ccccc%11%10)cc9)cc8)c8ccc9c(c8)oc8ccccc89)cc7)ccc56)ccc4-n4c5ccccc5c5ccccc54)cc3)cc2)c2ccc3c(c2)oc2ccccc23)c1. The first kappa shape index (κ1) is 72.1. The highest BCUT2D eigenvalue weighted by Gasteiger charge is 2.24. The molecule has 6 nitrogen and oxygen atoms in total. The summed E-state index contributed by atoms with van der Waals surface area (Å²) in [7, 11) is 0. The van der Waals surface area contributed by atoms with Crippen molar-refractivity contribution < 1.29 is 8.83 Å². The Balaban J connectivity index is 0.531. The van der Waals surface area contributed by atoms with E-state index in [1.165, 1.54) is 81.6 Å². The lowest BCUT2D eigenvalue weighted by Gasteiger charge is -2.26. The van der Waals surface area contributed by atoms with Crippen LogP contribution in [0.3, 0.4) is 0 Å². The molecular formula is C120H76N4O2. The normalized spacial score (nSPS) is 11.8. The fraction of sp³-hybridized carbons (Fsp3) is 0. The fourth-order valence-electron chi connectivity index (χ4n) is 19.8. The summed E-state index contributed by atoms with van der Waals surface area (Å²) in [5.41, 5.74) is 32.6. The van der Waals surface area contributed by atoms with Gasteiger partial charge in [-0.2, -0.15) is 0 Å². The molecule has 4 aromatic heterocycles. The largest absolute Gasteiger partial charge is 0.456 e. The molecule has 0 fully saturated rings. The molecule has 0 unspecified atom stereocenters. The fourth-order valence-corrected chi connectivity index (χ4v) is 19.8. The first-order chi connectivity index (χ1) is 62.4. The van der Waals surface area contributed by atoms with Crippen LogP contribution >= 0.6 is 0 Å². The summed E-state index contributed by atoms with van der Waals surface area (Å²) in [5.74, 6) is 0. The molecule has 25 rings (SSSR count). The van der Waals surface area contributed by atoms with E-state index in [4.69, 9.17) is 8.83 Å². The number of aromatic nitrogens is 2. The summed E-state index contributed by atoms with van der Waals surface area (Å²) in [6, 6.07) is 168. The smallest absolute Gasteiger partial charge is 0.137 e. The van der Waals surface area contributed by atoms with Gasteiger partial charge in [0.25, 0.3) is 0 Å². The quantitative estimate of drug-likeness (QED) is 0.0960. The van der Waals surface area contributed by atoms with Gasteiger partial charge in [-0.05, 0) is 239 Å². The lowest BCUT2D eigenvalue weighted by Crippen LogP contribution is -2.10. The Hall–Kier alpha value is -16.8. The van der Waals surface area contributed by atoms with Gasteiger partial charge in [-0.25, -0.2) is 0 Å². The zero-order valence-corrected chi connectivity index (χ0v) is 68.5. The number of rotatable bonds is 15. The van der Waals surface area contributed by atoms with Crippen molar-refractivity contribution in [2.24, 2.45) is 0 Å². The molecule has 6 heteroatoms. The number of hydrogen-bond acceptors (Lipinski definition) is 4. The van der Waals surface area contributed by atoms with E-state index in [2.05, 4.69) is 456 Å². The molecule has 0 aliphatic carbocycles. The number of anilines is 6. The summed E-state index contributed by atoms with van der Waals surface area (Å²) >= 11 is 0. The third kappa shape index (κ3) is 12.2. The highest BCUT2D eigenvalue weighted by atomic mass is 16.3. The average Bonchev–Trinajstić information content (AvgIpc) is 1.53. The van der Waals surface area contributed by atoms with Gasteiger partial charge in [0.15, 0.2) is 0 Å². The Morgan fingerprint density at radius 3 is 1.06 bits per heavy atom. The second-order valence-electron chi connectivity index (χ2n) is 33.0. The van der Waals surface area contributed by atoms with Crippen LogP contribution in [0.2, 0.25) is 0 Å². The van der Waals surface area contributed by atoms with Crippen molar-refractivity contribution in [3.8, 4) is 89.3 Å². The predicted molar refractivity (Wildman–Crippen MR) is 530 cm³/mol. The number of nitrogens with zero attached hydrogens (tertiary/aromatic N) is 4. The molecule has 0 atom stereocenters. The Bertz CT molecular complexity index is 8540. The third-order valence-electron chi connectivity index (χ3n) is 25.9. The molecule has 126 heavy (non-hydrogen) atoms. The summed E-state index contributed by atoms with van der Waals surface area (Å²) < 4.78 is 18.0. The van der Waals surface area contributed by atoms with Crippen LogP contribution in [-0.4, -0.2) is 9.13 Å². The van der Waals surface area contributed by atoms with Gasteiger partial charge in [-0.3, -0.25) is 0 Å². The van der Waals surface area contributed by atoms with Gasteiger partial charge in [0.1, 0.15) is 22.3 Å². The maximum Gasteiger partial charge on any atom is 0.137 e. The Morgan fingerprint density at radius 1 is 0.151 bits per heavy atom. The van der Waals surface area contributed by atoms with Gasteiger partial charge in [-0.15, -0.1) is 0 Å². The molecule has 0 amide bonds. The van der Waals surface area contributed by atoms with Crippen molar-refractivity contribution in [2.45, 2.75) is 0 Å². The van der Waals surface area contributed by atoms with Crippen LogP contribution in [0.1, 0.15) is 0 Å². The second-order valence-corrected chi connectivity index (χ2v) is 33.0. The van der Waals surface area contributed by atoms with Gasteiger partial charge in [0, 0.05) is 100 Å². The van der Waals surface area contributed by atoms with Crippen LogP contribution in [-0.2, 0) is 0 Å². The van der Waals surface area contributed by atoms with E-state index < -0.39 is 0 Å². The molecule has 0 aliphatic rings. The van der Waals surface area contributed by atoms with Gasteiger partial charge >= 0.3 is 0 Å². The highest BCUT2D eigenvalue weighted by Crippen LogP contribution is 2.48. The highest BCUT2D eigenvalue weighted by molar-refractivity contribution is 6.15. The lowest BCUT2D eigenvalue weighted by atomic mass is 9.91. The van der Waals surface area contributed by atoms with Crippen LogP contribution in [0, 0.1) is 0 Å². The molecule has 0 bridgehead atoms. The standard InChI is InChI=1S/C120H76N4O2/c1-2-20-85-71-88(48-43-77(85)19-1)86-21-17-22-94(73-86)122(96-65-69-109-107-29-9-16-38-118(107)126-120(109)76-96)93-60-51-81(52-61-93)79-41-46-84(47-42-79)110-74-90(57-70-116(110)124-114-35-13-6-26-104(114)105-27-7-14-36-115(105)124)97-30-18-31-100-98-66-55-87(72-89(98)56-67-101(97)100)82-53-62-92(63-54-82)121(95-64-68-108-106-28-8-15-37-117(106)125-119(108)75-95)91-58-49-80(50-59-91)78-39-44-83(45-40-78)99-23-3-10-32-111(99)123-112-33-11-4-24-102(112)103-25-5-12-34-113(103)123/h1-76H. The van der Waals surface area contributed by atoms with Crippen LogP contribution in [0.4, 0.5) is 34.1 Å². The Morgan fingerprint density at radius 2 is 0.492 bits per heavy atom. The zero-order chi connectivity index (χ0) is 82.9. The van der Waals surface area contributed by atoms with Crippen molar-refractivity contribution >= 4 is 154 Å².